The second kappa shape index (κ2) is 8.32. The first-order valence-electron chi connectivity index (χ1n) is 6.71. The molecule has 126 valence electrons. The highest BCUT2D eigenvalue weighted by Gasteiger charge is 2.20. The normalized spacial score (nSPS) is 10.9. The Bertz CT molecular complexity index is 609. The molecule has 0 N–H and O–H groups in total. The molecule has 0 spiro atoms. The summed E-state index contributed by atoms with van der Waals surface area (Å²) >= 11 is 4.11. The number of hydrogen-bond acceptors (Lipinski definition) is 5. The summed E-state index contributed by atoms with van der Waals surface area (Å²) in [6, 6.07) is 3.57. The van der Waals surface area contributed by atoms with Gasteiger partial charge in [-0.3, -0.25) is 0 Å². The number of halogens is 2. The molecule has 0 heterocycles. The van der Waals surface area contributed by atoms with Crippen molar-refractivity contribution in [1.82, 2.24) is 0 Å². The van der Waals surface area contributed by atoms with E-state index in [1.165, 1.54) is 0 Å². The van der Waals surface area contributed by atoms with Crippen molar-refractivity contribution in [1.29, 1.82) is 0 Å². The van der Waals surface area contributed by atoms with Crippen LogP contribution in [-0.4, -0.2) is 17.7 Å². The summed E-state index contributed by atoms with van der Waals surface area (Å²) < 4.78 is 17.0. The standard InChI is InChI=1S/C16H18I2O5/c1-9(2)14(19)21-8-10-6-11(17)13(12(18)7-10)22-15(20)23-16(3,4)5/h6-7H,1,8H2,2-5H3. The van der Waals surface area contributed by atoms with Crippen molar-refractivity contribution in [2.24, 2.45) is 0 Å². The van der Waals surface area contributed by atoms with E-state index in [4.69, 9.17) is 14.2 Å². The smallest absolute Gasteiger partial charge is 0.457 e. The average Bonchev–Trinajstić information content (AvgIpc) is 2.38. The molecule has 0 aliphatic heterocycles. The Hall–Kier alpha value is -0.840. The zero-order valence-corrected chi connectivity index (χ0v) is 17.7. The molecular formula is C16H18I2O5. The van der Waals surface area contributed by atoms with Crippen LogP contribution >= 0.6 is 45.2 Å². The molecule has 0 atom stereocenters. The van der Waals surface area contributed by atoms with Crippen LogP contribution in [0.1, 0.15) is 33.3 Å². The van der Waals surface area contributed by atoms with Gasteiger partial charge in [-0.25, -0.2) is 9.59 Å². The first-order chi connectivity index (χ1) is 10.5. The van der Waals surface area contributed by atoms with Gasteiger partial charge in [0.25, 0.3) is 0 Å². The third kappa shape index (κ3) is 7.06. The van der Waals surface area contributed by atoms with E-state index in [9.17, 15) is 9.59 Å². The maximum atomic E-state index is 11.8. The van der Waals surface area contributed by atoms with Gasteiger partial charge in [0.2, 0.25) is 0 Å². The van der Waals surface area contributed by atoms with Gasteiger partial charge in [-0.1, -0.05) is 6.58 Å². The number of esters is 1. The van der Waals surface area contributed by atoms with Crippen LogP contribution < -0.4 is 4.74 Å². The van der Waals surface area contributed by atoms with E-state index in [0.29, 0.717) is 11.3 Å². The Balaban J connectivity index is 2.83. The Labute approximate surface area is 163 Å². The molecule has 1 aromatic carbocycles. The SMILES string of the molecule is C=C(C)C(=O)OCc1cc(I)c(OC(=O)OC(C)(C)C)c(I)c1. The zero-order chi connectivity index (χ0) is 17.8. The van der Waals surface area contributed by atoms with Gasteiger partial charge in [0, 0.05) is 5.57 Å². The fourth-order valence-electron chi connectivity index (χ4n) is 1.42. The van der Waals surface area contributed by atoms with E-state index in [1.807, 2.05) is 0 Å². The van der Waals surface area contributed by atoms with E-state index in [1.54, 1.807) is 39.8 Å². The lowest BCUT2D eigenvalue weighted by atomic mass is 10.2. The molecule has 0 radical (unpaired) electrons. The molecule has 0 unspecified atom stereocenters. The molecule has 7 heteroatoms. The van der Waals surface area contributed by atoms with Crippen LogP contribution in [0.2, 0.25) is 0 Å². The third-order valence-electron chi connectivity index (χ3n) is 2.35. The van der Waals surface area contributed by atoms with Crippen LogP contribution in [0.4, 0.5) is 4.79 Å². The second-order valence-corrected chi connectivity index (χ2v) is 8.14. The van der Waals surface area contributed by atoms with Gasteiger partial charge < -0.3 is 14.2 Å². The quantitative estimate of drug-likeness (QED) is 0.236. The molecule has 0 saturated carbocycles. The molecular weight excluding hydrogens is 526 g/mol. The number of carbonyl (C=O) groups excluding carboxylic acids is 2. The van der Waals surface area contributed by atoms with Crippen molar-refractivity contribution in [3.63, 3.8) is 0 Å². The van der Waals surface area contributed by atoms with Crippen molar-refractivity contribution in [2.75, 3.05) is 0 Å². The first kappa shape index (κ1) is 20.2. The highest BCUT2D eigenvalue weighted by molar-refractivity contribution is 14.1. The molecule has 23 heavy (non-hydrogen) atoms. The van der Waals surface area contributed by atoms with E-state index in [-0.39, 0.29) is 6.61 Å². The van der Waals surface area contributed by atoms with Crippen LogP contribution in [-0.2, 0) is 20.9 Å². The summed E-state index contributed by atoms with van der Waals surface area (Å²) in [4.78, 5) is 23.2. The van der Waals surface area contributed by atoms with Crippen LogP contribution in [0.25, 0.3) is 0 Å². The lowest BCUT2D eigenvalue weighted by Crippen LogP contribution is -2.26. The van der Waals surface area contributed by atoms with Crippen molar-refractivity contribution < 1.29 is 23.8 Å². The molecule has 0 aromatic heterocycles. The predicted molar refractivity (Wildman–Crippen MR) is 103 cm³/mol. The van der Waals surface area contributed by atoms with Gasteiger partial charge in [0.05, 0.1) is 7.14 Å². The summed E-state index contributed by atoms with van der Waals surface area (Å²) in [7, 11) is 0. The molecule has 0 aliphatic carbocycles. The van der Waals surface area contributed by atoms with Crippen LogP contribution in [0.5, 0.6) is 5.75 Å². The van der Waals surface area contributed by atoms with E-state index in [0.717, 1.165) is 12.7 Å². The summed E-state index contributed by atoms with van der Waals surface area (Å²) in [5.74, 6) is -0.0143. The molecule has 1 aromatic rings. The molecule has 5 nitrogen and oxygen atoms in total. The summed E-state index contributed by atoms with van der Waals surface area (Å²) in [5, 5.41) is 0. The van der Waals surface area contributed by atoms with E-state index >= 15 is 0 Å². The van der Waals surface area contributed by atoms with E-state index in [2.05, 4.69) is 51.8 Å². The Morgan fingerprint density at radius 2 is 1.70 bits per heavy atom. The fourth-order valence-corrected chi connectivity index (χ4v) is 3.54. The third-order valence-corrected chi connectivity index (χ3v) is 3.95. The molecule has 0 bridgehead atoms. The maximum absolute atomic E-state index is 11.8. The molecule has 0 amide bonds. The topological polar surface area (TPSA) is 61.8 Å². The molecule has 0 saturated heterocycles. The lowest BCUT2D eigenvalue weighted by molar-refractivity contribution is -0.140. The molecule has 0 fully saturated rings. The monoisotopic (exact) mass is 544 g/mol. The minimum atomic E-state index is -0.755. The number of ether oxygens (including phenoxy) is 3. The first-order valence-corrected chi connectivity index (χ1v) is 8.86. The highest BCUT2D eigenvalue weighted by atomic mass is 127. The van der Waals surface area contributed by atoms with Gasteiger partial charge >= 0.3 is 12.1 Å². The Morgan fingerprint density at radius 3 is 2.13 bits per heavy atom. The minimum Gasteiger partial charge on any atom is -0.457 e. The van der Waals surface area contributed by atoms with Gasteiger partial charge in [-0.2, -0.15) is 0 Å². The fraction of sp³-hybridized carbons (Fsp3) is 0.375. The van der Waals surface area contributed by atoms with E-state index < -0.39 is 17.7 Å². The number of carbonyl (C=O) groups is 2. The zero-order valence-electron chi connectivity index (χ0n) is 13.4. The minimum absolute atomic E-state index is 0.129. The van der Waals surface area contributed by atoms with Gasteiger partial charge in [-0.05, 0) is 90.6 Å². The van der Waals surface area contributed by atoms with Crippen LogP contribution in [0, 0.1) is 7.14 Å². The number of benzene rings is 1. The average molecular weight is 544 g/mol. The van der Waals surface area contributed by atoms with Gasteiger partial charge in [0.1, 0.15) is 12.2 Å². The van der Waals surface area contributed by atoms with Gasteiger partial charge in [-0.15, -0.1) is 0 Å². The molecule has 0 aliphatic rings. The largest absolute Gasteiger partial charge is 0.514 e. The van der Waals surface area contributed by atoms with Crippen molar-refractivity contribution in [3.8, 4) is 5.75 Å². The highest BCUT2D eigenvalue weighted by Crippen LogP contribution is 2.30. The maximum Gasteiger partial charge on any atom is 0.514 e. The van der Waals surface area contributed by atoms with Gasteiger partial charge in [0.15, 0.2) is 5.75 Å². The summed E-state index contributed by atoms with van der Waals surface area (Å²) in [5.41, 5.74) is 0.522. The number of hydrogen-bond donors (Lipinski definition) is 0. The summed E-state index contributed by atoms with van der Waals surface area (Å²) in [6.07, 6.45) is -0.755. The van der Waals surface area contributed by atoms with Crippen LogP contribution in [0.15, 0.2) is 24.3 Å². The van der Waals surface area contributed by atoms with Crippen LogP contribution in [0.3, 0.4) is 0 Å². The Kier molecular flexibility index (Phi) is 7.30. The van der Waals surface area contributed by atoms with Crippen molar-refractivity contribution in [3.05, 3.63) is 37.0 Å². The molecule has 1 rings (SSSR count). The van der Waals surface area contributed by atoms with Crippen molar-refractivity contribution >= 4 is 57.3 Å². The Morgan fingerprint density at radius 1 is 1.17 bits per heavy atom. The summed E-state index contributed by atoms with van der Waals surface area (Å²) in [6.45, 7) is 10.6. The lowest BCUT2D eigenvalue weighted by Gasteiger charge is -2.19. The second-order valence-electron chi connectivity index (χ2n) is 5.81. The van der Waals surface area contributed by atoms with Crippen molar-refractivity contribution in [2.45, 2.75) is 39.9 Å². The number of rotatable bonds is 4. The predicted octanol–water partition coefficient (Wildman–Crippen LogP) is 4.83.